The van der Waals surface area contributed by atoms with E-state index in [-0.39, 0.29) is 5.75 Å². The largest absolute Gasteiger partial charge is 0.508 e. The zero-order valence-electron chi connectivity index (χ0n) is 10.1. The number of carbonyl (C=O) groups excluding carboxylic acids is 1. The lowest BCUT2D eigenvalue weighted by molar-refractivity contribution is 0.252. The van der Waals surface area contributed by atoms with Crippen molar-refractivity contribution in [1.29, 1.82) is 0 Å². The van der Waals surface area contributed by atoms with E-state index < -0.39 is 6.03 Å². The lowest BCUT2D eigenvalue weighted by Crippen LogP contribution is -2.24. The normalized spacial score (nSPS) is 10.3. The average molecular weight is 255 g/mol. The summed E-state index contributed by atoms with van der Waals surface area (Å²) in [6.07, 6.45) is 1.49. The van der Waals surface area contributed by atoms with E-state index in [1.54, 1.807) is 36.4 Å². The van der Waals surface area contributed by atoms with Gasteiger partial charge in [0, 0.05) is 5.69 Å². The predicted octanol–water partition coefficient (Wildman–Crippen LogP) is 2.55. The molecular formula is C14H13N3O2. The molecule has 2 aromatic carbocycles. The number of urea groups is 1. The van der Waals surface area contributed by atoms with Gasteiger partial charge in [0.1, 0.15) is 5.75 Å². The zero-order valence-corrected chi connectivity index (χ0v) is 10.1. The van der Waals surface area contributed by atoms with E-state index in [0.717, 1.165) is 5.56 Å². The summed E-state index contributed by atoms with van der Waals surface area (Å²) in [5, 5.41) is 15.5. The Balaban J connectivity index is 1.85. The van der Waals surface area contributed by atoms with Gasteiger partial charge >= 0.3 is 6.03 Å². The van der Waals surface area contributed by atoms with Gasteiger partial charge in [-0.15, -0.1) is 0 Å². The minimum Gasteiger partial charge on any atom is -0.508 e. The van der Waals surface area contributed by atoms with Crippen LogP contribution in [0.2, 0.25) is 0 Å². The number of para-hydroxylation sites is 1. The van der Waals surface area contributed by atoms with Crippen LogP contribution in [0.15, 0.2) is 59.7 Å². The van der Waals surface area contributed by atoms with Crippen molar-refractivity contribution in [3.05, 3.63) is 60.2 Å². The van der Waals surface area contributed by atoms with Gasteiger partial charge in [-0.1, -0.05) is 18.2 Å². The number of amides is 2. The number of phenols is 1. The van der Waals surface area contributed by atoms with Gasteiger partial charge in [-0.25, -0.2) is 10.2 Å². The third kappa shape index (κ3) is 4.16. The smallest absolute Gasteiger partial charge is 0.339 e. The number of rotatable bonds is 3. The van der Waals surface area contributed by atoms with Crippen molar-refractivity contribution in [3.63, 3.8) is 0 Å². The molecule has 0 aliphatic carbocycles. The second-order valence-corrected chi connectivity index (χ2v) is 3.78. The molecule has 5 heteroatoms. The van der Waals surface area contributed by atoms with Gasteiger partial charge in [0.15, 0.2) is 0 Å². The molecule has 0 saturated carbocycles. The van der Waals surface area contributed by atoms with Crippen LogP contribution in [0.3, 0.4) is 0 Å². The van der Waals surface area contributed by atoms with Crippen LogP contribution < -0.4 is 10.7 Å². The molecule has 96 valence electrons. The van der Waals surface area contributed by atoms with Crippen molar-refractivity contribution < 1.29 is 9.90 Å². The molecule has 0 saturated heterocycles. The maximum absolute atomic E-state index is 11.5. The lowest BCUT2D eigenvalue weighted by atomic mass is 10.2. The van der Waals surface area contributed by atoms with Crippen LogP contribution in [0, 0.1) is 0 Å². The van der Waals surface area contributed by atoms with Crippen LogP contribution in [-0.2, 0) is 0 Å². The molecule has 0 fully saturated rings. The Kier molecular flexibility index (Phi) is 4.12. The summed E-state index contributed by atoms with van der Waals surface area (Å²) in [7, 11) is 0. The minimum absolute atomic E-state index is 0.187. The maximum atomic E-state index is 11.5. The topological polar surface area (TPSA) is 73.7 Å². The number of carbonyl (C=O) groups is 1. The molecule has 0 spiro atoms. The summed E-state index contributed by atoms with van der Waals surface area (Å²) >= 11 is 0. The van der Waals surface area contributed by atoms with Gasteiger partial charge in [-0.2, -0.15) is 5.10 Å². The Hall–Kier alpha value is -2.82. The molecule has 0 aliphatic heterocycles. The number of hydrogen-bond donors (Lipinski definition) is 3. The Morgan fingerprint density at radius 3 is 2.42 bits per heavy atom. The first-order valence-corrected chi connectivity index (χ1v) is 5.68. The average Bonchev–Trinajstić information content (AvgIpc) is 2.42. The van der Waals surface area contributed by atoms with Crippen molar-refractivity contribution >= 4 is 17.9 Å². The standard InChI is InChI=1S/C14H13N3O2/c18-13-8-6-11(7-9-13)10-15-17-14(19)16-12-4-2-1-3-5-12/h1-10,18H,(H2,16,17,19)/b15-10-. The highest BCUT2D eigenvalue weighted by Gasteiger charge is 1.97. The monoisotopic (exact) mass is 255 g/mol. The molecule has 0 aliphatic rings. The third-order valence-corrected chi connectivity index (χ3v) is 2.30. The second-order valence-electron chi connectivity index (χ2n) is 3.78. The molecule has 0 aromatic heterocycles. The predicted molar refractivity (Wildman–Crippen MR) is 74.3 cm³/mol. The molecule has 2 rings (SSSR count). The van der Waals surface area contributed by atoms with Gasteiger partial charge in [0.05, 0.1) is 6.21 Å². The summed E-state index contributed by atoms with van der Waals surface area (Å²) in [5.74, 6) is 0.187. The van der Waals surface area contributed by atoms with Crippen LogP contribution in [-0.4, -0.2) is 17.4 Å². The number of aromatic hydroxyl groups is 1. The second kappa shape index (κ2) is 6.20. The van der Waals surface area contributed by atoms with E-state index in [1.807, 2.05) is 18.2 Å². The molecule has 0 heterocycles. The first-order chi connectivity index (χ1) is 9.24. The first-order valence-electron chi connectivity index (χ1n) is 5.68. The molecule has 0 radical (unpaired) electrons. The van der Waals surface area contributed by atoms with E-state index >= 15 is 0 Å². The molecule has 2 amide bonds. The van der Waals surface area contributed by atoms with E-state index in [9.17, 15) is 4.79 Å². The Morgan fingerprint density at radius 2 is 1.74 bits per heavy atom. The molecule has 3 N–H and O–H groups in total. The van der Waals surface area contributed by atoms with Crippen molar-refractivity contribution in [1.82, 2.24) is 5.43 Å². The fraction of sp³-hybridized carbons (Fsp3) is 0. The van der Waals surface area contributed by atoms with Crippen molar-refractivity contribution in [2.24, 2.45) is 5.10 Å². The van der Waals surface area contributed by atoms with Gasteiger partial charge in [-0.05, 0) is 42.0 Å². The Labute approximate surface area is 110 Å². The fourth-order valence-electron chi connectivity index (χ4n) is 1.41. The van der Waals surface area contributed by atoms with E-state index in [1.165, 1.54) is 6.21 Å². The SMILES string of the molecule is O=C(N/N=C\c1ccc(O)cc1)Nc1ccccc1. The first kappa shape index (κ1) is 12.6. The molecule has 2 aromatic rings. The third-order valence-electron chi connectivity index (χ3n) is 2.30. The quantitative estimate of drug-likeness (QED) is 0.582. The van der Waals surface area contributed by atoms with Crippen molar-refractivity contribution in [2.75, 3.05) is 5.32 Å². The molecule has 5 nitrogen and oxygen atoms in total. The highest BCUT2D eigenvalue weighted by atomic mass is 16.3. The van der Waals surface area contributed by atoms with Crippen LogP contribution in [0.1, 0.15) is 5.56 Å². The van der Waals surface area contributed by atoms with E-state index in [0.29, 0.717) is 5.69 Å². The lowest BCUT2D eigenvalue weighted by Gasteiger charge is -2.03. The van der Waals surface area contributed by atoms with Gasteiger partial charge in [-0.3, -0.25) is 0 Å². The number of anilines is 1. The highest BCUT2D eigenvalue weighted by molar-refractivity contribution is 5.90. The van der Waals surface area contributed by atoms with E-state index in [4.69, 9.17) is 5.11 Å². The number of hydrogen-bond acceptors (Lipinski definition) is 3. The number of nitrogens with one attached hydrogen (secondary N) is 2. The molecule has 0 bridgehead atoms. The van der Waals surface area contributed by atoms with Crippen molar-refractivity contribution in [3.8, 4) is 5.75 Å². The number of benzene rings is 2. The summed E-state index contributed by atoms with van der Waals surface area (Å²) in [4.78, 5) is 11.5. The number of hydrazone groups is 1. The number of phenolic OH excluding ortho intramolecular Hbond substituents is 1. The van der Waals surface area contributed by atoms with Gasteiger partial charge < -0.3 is 10.4 Å². The van der Waals surface area contributed by atoms with Crippen LogP contribution in [0.25, 0.3) is 0 Å². The highest BCUT2D eigenvalue weighted by Crippen LogP contribution is 2.07. The summed E-state index contributed by atoms with van der Waals surface area (Å²) in [5.41, 5.74) is 3.82. The fourth-order valence-corrected chi connectivity index (χ4v) is 1.41. The van der Waals surface area contributed by atoms with Gasteiger partial charge in [0.2, 0.25) is 0 Å². The van der Waals surface area contributed by atoms with Crippen LogP contribution >= 0.6 is 0 Å². The summed E-state index contributed by atoms with van der Waals surface area (Å²) in [6.45, 7) is 0. The Morgan fingerprint density at radius 1 is 1.05 bits per heavy atom. The Bertz CT molecular complexity index is 565. The van der Waals surface area contributed by atoms with E-state index in [2.05, 4.69) is 15.8 Å². The van der Waals surface area contributed by atoms with Gasteiger partial charge in [0.25, 0.3) is 0 Å². The molecular weight excluding hydrogens is 242 g/mol. The summed E-state index contributed by atoms with van der Waals surface area (Å²) < 4.78 is 0. The maximum Gasteiger partial charge on any atom is 0.339 e. The molecule has 0 atom stereocenters. The minimum atomic E-state index is -0.416. The number of nitrogens with zero attached hydrogens (tertiary/aromatic N) is 1. The van der Waals surface area contributed by atoms with Crippen LogP contribution in [0.5, 0.6) is 5.75 Å². The van der Waals surface area contributed by atoms with Crippen molar-refractivity contribution in [2.45, 2.75) is 0 Å². The zero-order chi connectivity index (χ0) is 13.5. The summed E-state index contributed by atoms with van der Waals surface area (Å²) in [6, 6.07) is 15.1. The molecule has 19 heavy (non-hydrogen) atoms. The van der Waals surface area contributed by atoms with Crippen LogP contribution in [0.4, 0.5) is 10.5 Å². The molecule has 0 unspecified atom stereocenters.